The van der Waals surface area contributed by atoms with Gasteiger partial charge in [-0.1, -0.05) is 24.3 Å². The summed E-state index contributed by atoms with van der Waals surface area (Å²) in [6.45, 7) is 3.91. The van der Waals surface area contributed by atoms with Gasteiger partial charge in [-0.15, -0.1) is 0 Å². The van der Waals surface area contributed by atoms with E-state index in [0.717, 1.165) is 48.6 Å². The van der Waals surface area contributed by atoms with Gasteiger partial charge < -0.3 is 14.2 Å². The first-order valence-electron chi connectivity index (χ1n) is 10.00. The predicted octanol–water partition coefficient (Wildman–Crippen LogP) is 3.67. The molecule has 146 valence electrons. The van der Waals surface area contributed by atoms with Crippen LogP contribution in [0.15, 0.2) is 48.5 Å². The fraction of sp³-hybridized carbons (Fsp3) is 0.391. The van der Waals surface area contributed by atoms with Gasteiger partial charge in [0.25, 0.3) is 0 Å². The number of ether oxygens (including phenoxy) is 3. The maximum atomic E-state index is 6.41. The molecule has 5 heteroatoms. The highest BCUT2D eigenvalue weighted by atomic mass is 16.7. The number of rotatable bonds is 5. The second kappa shape index (κ2) is 7.15. The summed E-state index contributed by atoms with van der Waals surface area (Å²) in [6, 6.07) is 14.6. The maximum Gasteiger partial charge on any atom is 0.162 e. The Morgan fingerprint density at radius 2 is 1.93 bits per heavy atom. The van der Waals surface area contributed by atoms with Crippen LogP contribution >= 0.6 is 0 Å². The third-order valence-corrected chi connectivity index (χ3v) is 5.65. The van der Waals surface area contributed by atoms with Crippen molar-refractivity contribution in [2.24, 2.45) is 0 Å². The quantitative estimate of drug-likeness (QED) is 0.859. The van der Waals surface area contributed by atoms with E-state index in [2.05, 4.69) is 35.8 Å². The Labute approximate surface area is 165 Å². The number of benzene rings is 2. The lowest BCUT2D eigenvalue weighted by Gasteiger charge is -2.18. The molecule has 0 amide bonds. The average Bonchev–Trinajstić information content (AvgIpc) is 3.44. The number of hydrogen-bond donors (Lipinski definition) is 1. The first-order chi connectivity index (χ1) is 13.7. The number of nitrogens with one attached hydrogen (secondary N) is 1. The van der Waals surface area contributed by atoms with Gasteiger partial charge in [-0.05, 0) is 42.3 Å². The number of hydrogen-bond acceptors (Lipinski definition) is 5. The molecule has 2 aromatic rings. The monoisotopic (exact) mass is 379 g/mol. The van der Waals surface area contributed by atoms with Gasteiger partial charge in [0, 0.05) is 31.4 Å². The molecule has 0 radical (unpaired) electrons. The molecule has 3 aliphatic rings. The zero-order valence-electron chi connectivity index (χ0n) is 16.1. The zero-order chi connectivity index (χ0) is 19.0. The van der Waals surface area contributed by atoms with Crippen LogP contribution in [0, 0.1) is 0 Å². The molecule has 5 rings (SSSR count). The molecule has 1 fully saturated rings. The van der Waals surface area contributed by atoms with Gasteiger partial charge in [0.1, 0.15) is 11.7 Å². The Balaban J connectivity index is 1.40. The van der Waals surface area contributed by atoms with Crippen molar-refractivity contribution < 1.29 is 19.0 Å². The van der Waals surface area contributed by atoms with E-state index in [1.165, 1.54) is 11.1 Å². The van der Waals surface area contributed by atoms with Crippen LogP contribution in [0.5, 0.6) is 11.5 Å². The Morgan fingerprint density at radius 1 is 1.11 bits per heavy atom. The van der Waals surface area contributed by atoms with Crippen LogP contribution < -0.4 is 15.0 Å². The van der Waals surface area contributed by atoms with Crippen molar-refractivity contribution in [3.8, 4) is 11.5 Å². The van der Waals surface area contributed by atoms with Gasteiger partial charge in [0.05, 0.1) is 18.9 Å². The van der Waals surface area contributed by atoms with Crippen LogP contribution in [0.25, 0.3) is 5.70 Å². The topological polar surface area (TPSA) is 49.0 Å². The third-order valence-electron chi connectivity index (χ3n) is 5.65. The molecule has 28 heavy (non-hydrogen) atoms. The summed E-state index contributed by atoms with van der Waals surface area (Å²) in [5.41, 5.74) is 7.46. The molecule has 0 aromatic heterocycles. The van der Waals surface area contributed by atoms with Crippen molar-refractivity contribution in [2.45, 2.75) is 37.9 Å². The van der Waals surface area contributed by atoms with Gasteiger partial charge >= 0.3 is 0 Å². The molecule has 1 saturated heterocycles. The molecule has 1 aliphatic carbocycles. The van der Waals surface area contributed by atoms with E-state index in [4.69, 9.17) is 19.0 Å². The molecule has 1 atom stereocenters. The van der Waals surface area contributed by atoms with Crippen LogP contribution in [-0.4, -0.2) is 31.5 Å². The molecule has 1 N–H and O–H groups in total. The predicted molar refractivity (Wildman–Crippen MR) is 106 cm³/mol. The Bertz CT molecular complexity index is 876. The van der Waals surface area contributed by atoms with E-state index < -0.39 is 0 Å². The minimum absolute atomic E-state index is 0.128. The summed E-state index contributed by atoms with van der Waals surface area (Å²) >= 11 is 0. The van der Waals surface area contributed by atoms with Crippen LogP contribution in [0.3, 0.4) is 0 Å². The Morgan fingerprint density at radius 3 is 2.64 bits per heavy atom. The van der Waals surface area contributed by atoms with E-state index >= 15 is 0 Å². The summed E-state index contributed by atoms with van der Waals surface area (Å²) in [6.07, 6.45) is 4.98. The van der Waals surface area contributed by atoms with Crippen molar-refractivity contribution in [3.05, 3.63) is 65.2 Å². The SMILES string of the molecule is CCOc1ccc(C2=CC3(CCOC3)ON2)cc1OC1Cc2ccccc2C1. The lowest BCUT2D eigenvalue weighted by atomic mass is 10.0. The molecular weight excluding hydrogens is 354 g/mol. The normalized spacial score (nSPS) is 23.5. The first-order valence-corrected chi connectivity index (χ1v) is 10.00. The summed E-state index contributed by atoms with van der Waals surface area (Å²) in [4.78, 5) is 5.82. The summed E-state index contributed by atoms with van der Waals surface area (Å²) < 4.78 is 17.7. The van der Waals surface area contributed by atoms with Crippen LogP contribution in [0.2, 0.25) is 0 Å². The van der Waals surface area contributed by atoms with Gasteiger partial charge in [0.2, 0.25) is 0 Å². The van der Waals surface area contributed by atoms with Crippen LogP contribution in [0.1, 0.15) is 30.0 Å². The van der Waals surface area contributed by atoms with E-state index in [-0.39, 0.29) is 11.7 Å². The van der Waals surface area contributed by atoms with Crippen molar-refractivity contribution in [1.82, 2.24) is 5.48 Å². The number of hydroxylamine groups is 1. The minimum Gasteiger partial charge on any atom is -0.490 e. The minimum atomic E-state index is -0.345. The Kier molecular flexibility index (Phi) is 4.49. The fourth-order valence-electron chi connectivity index (χ4n) is 4.20. The van der Waals surface area contributed by atoms with E-state index in [9.17, 15) is 0 Å². The largest absolute Gasteiger partial charge is 0.490 e. The molecule has 2 aromatic carbocycles. The van der Waals surface area contributed by atoms with Gasteiger partial charge in [-0.2, -0.15) is 0 Å². The molecule has 2 aliphatic heterocycles. The molecule has 0 saturated carbocycles. The first kappa shape index (κ1) is 17.6. The zero-order valence-corrected chi connectivity index (χ0v) is 16.1. The fourth-order valence-corrected chi connectivity index (χ4v) is 4.20. The molecule has 1 unspecified atom stereocenters. The smallest absolute Gasteiger partial charge is 0.162 e. The summed E-state index contributed by atoms with van der Waals surface area (Å²) in [5, 5.41) is 0. The second-order valence-corrected chi connectivity index (χ2v) is 7.64. The number of fused-ring (bicyclic) bond motifs is 1. The third kappa shape index (κ3) is 3.25. The highest BCUT2D eigenvalue weighted by Crippen LogP contribution is 2.37. The van der Waals surface area contributed by atoms with Crippen molar-refractivity contribution >= 4 is 5.70 Å². The molecule has 2 heterocycles. The molecule has 0 bridgehead atoms. The van der Waals surface area contributed by atoms with Crippen molar-refractivity contribution in [3.63, 3.8) is 0 Å². The lowest BCUT2D eigenvalue weighted by Crippen LogP contribution is -2.29. The van der Waals surface area contributed by atoms with E-state index in [1.807, 2.05) is 25.1 Å². The highest BCUT2D eigenvalue weighted by molar-refractivity contribution is 5.68. The van der Waals surface area contributed by atoms with Gasteiger partial charge in [-0.25, -0.2) is 0 Å². The summed E-state index contributed by atoms with van der Waals surface area (Å²) in [5.74, 6) is 1.56. The van der Waals surface area contributed by atoms with Gasteiger partial charge in [-0.3, -0.25) is 10.3 Å². The molecule has 1 spiro atoms. The average molecular weight is 379 g/mol. The highest BCUT2D eigenvalue weighted by Gasteiger charge is 2.39. The maximum absolute atomic E-state index is 6.41. The van der Waals surface area contributed by atoms with Gasteiger partial charge in [0.15, 0.2) is 11.5 Å². The molecule has 5 nitrogen and oxygen atoms in total. The Hall–Kier alpha value is -2.50. The van der Waals surface area contributed by atoms with Crippen molar-refractivity contribution in [1.29, 1.82) is 0 Å². The molecular formula is C23H25NO4. The van der Waals surface area contributed by atoms with Crippen LogP contribution in [0.4, 0.5) is 0 Å². The van der Waals surface area contributed by atoms with E-state index in [1.54, 1.807) is 0 Å². The van der Waals surface area contributed by atoms with Crippen LogP contribution in [-0.2, 0) is 22.4 Å². The lowest BCUT2D eigenvalue weighted by molar-refractivity contribution is -0.0373. The van der Waals surface area contributed by atoms with Crippen molar-refractivity contribution in [2.75, 3.05) is 19.8 Å². The second-order valence-electron chi connectivity index (χ2n) is 7.64. The summed E-state index contributed by atoms with van der Waals surface area (Å²) in [7, 11) is 0. The van der Waals surface area contributed by atoms with E-state index in [0.29, 0.717) is 13.2 Å². The standard InChI is InChI=1S/C23H25NO4/c1-2-26-21-8-7-18(20-14-23(28-24-20)9-10-25-15-23)13-22(21)27-19-11-16-5-3-4-6-17(16)12-19/h3-8,13-14,19,24H,2,9-12,15H2,1H3.